The highest BCUT2D eigenvalue weighted by molar-refractivity contribution is 7.15. The molecule has 2 aliphatic heterocycles. The van der Waals surface area contributed by atoms with Gasteiger partial charge in [0.25, 0.3) is 0 Å². The minimum atomic E-state index is 0.749. The van der Waals surface area contributed by atoms with E-state index in [4.69, 9.17) is 9.72 Å². The number of aryl methyl sites for hydroxylation is 1. The zero-order valence-electron chi connectivity index (χ0n) is 13.9. The second-order valence-electron chi connectivity index (χ2n) is 6.04. The second-order valence-corrected chi connectivity index (χ2v) is 7.26. The van der Waals surface area contributed by atoms with Gasteiger partial charge in [0.15, 0.2) is 5.13 Å². The molecule has 0 amide bonds. The van der Waals surface area contributed by atoms with Gasteiger partial charge in [-0.2, -0.15) is 4.98 Å². The van der Waals surface area contributed by atoms with Crippen LogP contribution in [0.25, 0.3) is 0 Å². The van der Waals surface area contributed by atoms with Gasteiger partial charge in [0.1, 0.15) is 5.82 Å². The molecule has 0 aromatic carbocycles. The number of thiazole rings is 1. The van der Waals surface area contributed by atoms with E-state index >= 15 is 0 Å². The molecule has 8 heteroatoms. The first-order valence-electron chi connectivity index (χ1n) is 8.38. The Morgan fingerprint density at radius 1 is 0.958 bits per heavy atom. The summed E-state index contributed by atoms with van der Waals surface area (Å²) in [6.07, 6.45) is 3.81. The van der Waals surface area contributed by atoms with Crippen LogP contribution in [0.15, 0.2) is 18.5 Å². The van der Waals surface area contributed by atoms with Crippen LogP contribution in [0.4, 0.5) is 16.9 Å². The summed E-state index contributed by atoms with van der Waals surface area (Å²) in [4.78, 5) is 21.9. The lowest BCUT2D eigenvalue weighted by atomic mass is 10.3. The molecule has 0 atom stereocenters. The third-order valence-electron chi connectivity index (χ3n) is 4.41. The number of morpholine rings is 1. The molecule has 4 heterocycles. The third-order valence-corrected chi connectivity index (χ3v) is 5.38. The van der Waals surface area contributed by atoms with Crippen LogP contribution in [0.1, 0.15) is 4.88 Å². The van der Waals surface area contributed by atoms with Gasteiger partial charge >= 0.3 is 0 Å². The minimum Gasteiger partial charge on any atom is -0.378 e. The Bertz CT molecular complexity index is 679. The molecule has 2 aliphatic rings. The number of aromatic nitrogens is 3. The van der Waals surface area contributed by atoms with Crippen molar-refractivity contribution in [1.82, 2.24) is 15.0 Å². The highest BCUT2D eigenvalue weighted by Gasteiger charge is 2.21. The number of rotatable bonds is 3. The molecule has 2 aromatic heterocycles. The van der Waals surface area contributed by atoms with Crippen molar-refractivity contribution in [2.75, 3.05) is 67.2 Å². The van der Waals surface area contributed by atoms with E-state index in [9.17, 15) is 0 Å². The Balaban J connectivity index is 1.42. The summed E-state index contributed by atoms with van der Waals surface area (Å²) in [5.74, 6) is 1.83. The number of ether oxygens (including phenoxy) is 1. The van der Waals surface area contributed by atoms with Crippen LogP contribution in [-0.2, 0) is 4.74 Å². The smallest absolute Gasteiger partial charge is 0.227 e. The molecule has 128 valence electrons. The highest BCUT2D eigenvalue weighted by Crippen LogP contribution is 2.24. The number of anilines is 3. The van der Waals surface area contributed by atoms with Gasteiger partial charge in [-0.15, -0.1) is 11.3 Å². The monoisotopic (exact) mass is 346 g/mol. The first-order chi connectivity index (χ1) is 11.8. The van der Waals surface area contributed by atoms with Crippen molar-refractivity contribution < 1.29 is 4.74 Å². The summed E-state index contributed by atoms with van der Waals surface area (Å²) >= 11 is 1.76. The van der Waals surface area contributed by atoms with Gasteiger partial charge in [0, 0.05) is 56.5 Å². The fraction of sp³-hybridized carbons (Fsp3) is 0.562. The van der Waals surface area contributed by atoms with Crippen molar-refractivity contribution in [3.05, 3.63) is 23.3 Å². The Labute approximate surface area is 145 Å². The normalized spacial score (nSPS) is 19.0. The minimum absolute atomic E-state index is 0.749. The average Bonchev–Trinajstić information content (AvgIpc) is 3.09. The topological polar surface area (TPSA) is 57.6 Å². The zero-order valence-corrected chi connectivity index (χ0v) is 14.7. The molecule has 0 N–H and O–H groups in total. The summed E-state index contributed by atoms with van der Waals surface area (Å²) in [6, 6.07) is 2.01. The first-order valence-corrected chi connectivity index (χ1v) is 9.19. The van der Waals surface area contributed by atoms with Crippen LogP contribution in [0.5, 0.6) is 0 Å². The second kappa shape index (κ2) is 6.90. The molecule has 2 aromatic rings. The van der Waals surface area contributed by atoms with Gasteiger partial charge in [0.05, 0.1) is 13.2 Å². The van der Waals surface area contributed by atoms with Gasteiger partial charge in [0.2, 0.25) is 5.95 Å². The molecule has 0 radical (unpaired) electrons. The Morgan fingerprint density at radius 3 is 2.42 bits per heavy atom. The number of piperazine rings is 1. The van der Waals surface area contributed by atoms with Crippen LogP contribution >= 0.6 is 11.3 Å². The van der Waals surface area contributed by atoms with Crippen LogP contribution in [0.2, 0.25) is 0 Å². The quantitative estimate of drug-likeness (QED) is 0.833. The van der Waals surface area contributed by atoms with Crippen LogP contribution in [-0.4, -0.2) is 67.4 Å². The van der Waals surface area contributed by atoms with E-state index in [0.29, 0.717) is 0 Å². The van der Waals surface area contributed by atoms with Crippen molar-refractivity contribution in [2.24, 2.45) is 0 Å². The van der Waals surface area contributed by atoms with Gasteiger partial charge in [-0.1, -0.05) is 0 Å². The molecule has 0 bridgehead atoms. The maximum Gasteiger partial charge on any atom is 0.227 e. The lowest BCUT2D eigenvalue weighted by Crippen LogP contribution is -2.47. The number of nitrogens with zero attached hydrogens (tertiary/aromatic N) is 6. The van der Waals surface area contributed by atoms with E-state index in [-0.39, 0.29) is 0 Å². The third kappa shape index (κ3) is 3.29. The predicted octanol–water partition coefficient (Wildman–Crippen LogP) is 1.40. The van der Waals surface area contributed by atoms with Crippen LogP contribution in [0.3, 0.4) is 0 Å². The Morgan fingerprint density at radius 2 is 1.71 bits per heavy atom. The van der Waals surface area contributed by atoms with Crippen molar-refractivity contribution in [2.45, 2.75) is 6.92 Å². The summed E-state index contributed by atoms with van der Waals surface area (Å²) < 4.78 is 5.41. The largest absolute Gasteiger partial charge is 0.378 e. The molecule has 7 nitrogen and oxygen atoms in total. The maximum absolute atomic E-state index is 5.41. The zero-order chi connectivity index (χ0) is 16.4. The predicted molar refractivity (Wildman–Crippen MR) is 96.3 cm³/mol. The van der Waals surface area contributed by atoms with E-state index in [0.717, 1.165) is 69.4 Å². The summed E-state index contributed by atoms with van der Waals surface area (Å²) in [5, 5.41) is 1.13. The lowest BCUT2D eigenvalue weighted by Gasteiger charge is -2.35. The molecule has 0 saturated carbocycles. The van der Waals surface area contributed by atoms with Crippen molar-refractivity contribution in [3.63, 3.8) is 0 Å². The molecule has 0 unspecified atom stereocenters. The van der Waals surface area contributed by atoms with E-state index in [1.807, 2.05) is 18.5 Å². The molecule has 0 spiro atoms. The molecule has 2 fully saturated rings. The summed E-state index contributed by atoms with van der Waals surface area (Å²) in [5.41, 5.74) is 0. The number of hydrogen-bond acceptors (Lipinski definition) is 8. The fourth-order valence-corrected chi connectivity index (χ4v) is 3.86. The van der Waals surface area contributed by atoms with Crippen molar-refractivity contribution in [1.29, 1.82) is 0 Å². The van der Waals surface area contributed by atoms with Crippen LogP contribution in [0, 0.1) is 6.92 Å². The molecule has 24 heavy (non-hydrogen) atoms. The Hall–Kier alpha value is -1.93. The van der Waals surface area contributed by atoms with Crippen molar-refractivity contribution >= 4 is 28.2 Å². The number of hydrogen-bond donors (Lipinski definition) is 0. The molecule has 4 rings (SSSR count). The van der Waals surface area contributed by atoms with E-state index < -0.39 is 0 Å². The van der Waals surface area contributed by atoms with E-state index in [1.165, 1.54) is 4.88 Å². The Kier molecular flexibility index (Phi) is 4.48. The van der Waals surface area contributed by atoms with E-state index in [1.54, 1.807) is 11.3 Å². The highest BCUT2D eigenvalue weighted by atomic mass is 32.1. The van der Waals surface area contributed by atoms with E-state index in [2.05, 4.69) is 31.6 Å². The van der Waals surface area contributed by atoms with Gasteiger partial charge in [-0.25, -0.2) is 9.97 Å². The lowest BCUT2D eigenvalue weighted by molar-refractivity contribution is 0.122. The fourth-order valence-electron chi connectivity index (χ4n) is 3.05. The standard InChI is InChI=1S/C16H22N6OS/c1-13-12-18-16(24-13)22-6-4-20(5-7-22)14-2-3-17-15(19-14)21-8-10-23-11-9-21/h2-3,12H,4-11H2,1H3. The molecular weight excluding hydrogens is 324 g/mol. The maximum atomic E-state index is 5.41. The van der Waals surface area contributed by atoms with Gasteiger partial charge < -0.3 is 19.4 Å². The van der Waals surface area contributed by atoms with Crippen LogP contribution < -0.4 is 14.7 Å². The van der Waals surface area contributed by atoms with Gasteiger partial charge in [-0.3, -0.25) is 0 Å². The summed E-state index contributed by atoms with van der Waals surface area (Å²) in [7, 11) is 0. The molecule has 0 aliphatic carbocycles. The first kappa shape index (κ1) is 15.6. The molecule has 2 saturated heterocycles. The summed E-state index contributed by atoms with van der Waals surface area (Å²) in [6.45, 7) is 9.19. The average molecular weight is 346 g/mol. The van der Waals surface area contributed by atoms with Gasteiger partial charge in [-0.05, 0) is 13.0 Å². The molecular formula is C16H22N6OS. The van der Waals surface area contributed by atoms with Crippen molar-refractivity contribution in [3.8, 4) is 0 Å². The SMILES string of the molecule is Cc1cnc(N2CCN(c3ccnc(N4CCOCC4)n3)CC2)s1.